The van der Waals surface area contributed by atoms with Crippen LogP contribution in [-0.4, -0.2) is 23.5 Å². The van der Waals surface area contributed by atoms with E-state index < -0.39 is 17.7 Å². The molecule has 0 aliphatic carbocycles. The summed E-state index contributed by atoms with van der Waals surface area (Å²) < 4.78 is 5.14. The first-order chi connectivity index (χ1) is 7.61. The topological polar surface area (TPSA) is 63.6 Å². The summed E-state index contributed by atoms with van der Waals surface area (Å²) in [6.45, 7) is 1.51. The number of ether oxygens (including phenoxy) is 1. The maximum Gasteiger partial charge on any atom is 0.313 e. The normalized spacial score (nSPS) is 12.1. The van der Waals surface area contributed by atoms with Gasteiger partial charge in [-0.1, -0.05) is 30.3 Å². The van der Waals surface area contributed by atoms with Crippen molar-refractivity contribution in [3.63, 3.8) is 0 Å². The van der Waals surface area contributed by atoms with Gasteiger partial charge in [-0.25, -0.2) is 0 Å². The molecule has 4 nitrogen and oxygen atoms in total. The molecule has 1 aromatic carbocycles. The quantitative estimate of drug-likeness (QED) is 0.741. The number of hydrogen-bond donors (Lipinski definition) is 1. The molecule has 86 valence electrons. The zero-order valence-corrected chi connectivity index (χ0v) is 9.05. The highest BCUT2D eigenvalue weighted by molar-refractivity contribution is 5.98. The third-order valence-electron chi connectivity index (χ3n) is 2.21. The summed E-state index contributed by atoms with van der Waals surface area (Å²) >= 11 is 0. The van der Waals surface area contributed by atoms with E-state index in [9.17, 15) is 9.59 Å². The monoisotopic (exact) mass is 222 g/mol. The highest BCUT2D eigenvalue weighted by Crippen LogP contribution is 2.02. The van der Waals surface area contributed by atoms with Crippen LogP contribution < -0.4 is 0 Å². The highest BCUT2D eigenvalue weighted by atomic mass is 16.5. The molecule has 1 N–H and O–H groups in total. The Labute approximate surface area is 93.9 Å². The number of rotatable bonds is 6. The summed E-state index contributed by atoms with van der Waals surface area (Å²) in [5.41, 5.74) is 0.957. The standard InChI is InChI=1S/C12H14O4/c1-9(12(14)15)11(13)8-16-7-10-5-3-2-4-6-10/h2-6,9H,7-8H2,1H3,(H,14,15). The minimum Gasteiger partial charge on any atom is -0.481 e. The van der Waals surface area contributed by atoms with Gasteiger partial charge >= 0.3 is 5.97 Å². The molecule has 0 fully saturated rings. The number of carbonyl (C=O) groups is 2. The lowest BCUT2D eigenvalue weighted by Gasteiger charge is -2.06. The molecule has 0 saturated heterocycles. The van der Waals surface area contributed by atoms with Crippen molar-refractivity contribution in [2.24, 2.45) is 5.92 Å². The van der Waals surface area contributed by atoms with Gasteiger partial charge in [0.05, 0.1) is 6.61 Å². The van der Waals surface area contributed by atoms with E-state index >= 15 is 0 Å². The Morgan fingerprint density at radius 3 is 2.50 bits per heavy atom. The largest absolute Gasteiger partial charge is 0.481 e. The Morgan fingerprint density at radius 2 is 1.94 bits per heavy atom. The smallest absolute Gasteiger partial charge is 0.313 e. The Kier molecular flexibility index (Phi) is 4.66. The van der Waals surface area contributed by atoms with E-state index in [1.54, 1.807) is 0 Å². The number of benzene rings is 1. The fourth-order valence-electron chi connectivity index (χ4n) is 1.11. The predicted octanol–water partition coefficient (Wildman–Crippen LogP) is 1.49. The summed E-state index contributed by atoms with van der Waals surface area (Å²) in [6.07, 6.45) is 0. The lowest BCUT2D eigenvalue weighted by molar-refractivity contribution is -0.147. The third-order valence-corrected chi connectivity index (χ3v) is 2.21. The summed E-state index contributed by atoms with van der Waals surface area (Å²) in [6, 6.07) is 9.40. The molecule has 0 saturated carbocycles. The van der Waals surface area contributed by atoms with Crippen molar-refractivity contribution in [3.8, 4) is 0 Å². The number of carboxylic acids is 1. The molecule has 1 unspecified atom stereocenters. The minimum absolute atomic E-state index is 0.164. The molecule has 0 aromatic heterocycles. The molecule has 0 heterocycles. The van der Waals surface area contributed by atoms with Crippen molar-refractivity contribution >= 4 is 11.8 Å². The summed E-state index contributed by atoms with van der Waals surface area (Å²) in [5, 5.41) is 8.59. The van der Waals surface area contributed by atoms with E-state index in [4.69, 9.17) is 9.84 Å². The number of ketones is 1. The van der Waals surface area contributed by atoms with Crippen LogP contribution in [0.1, 0.15) is 12.5 Å². The van der Waals surface area contributed by atoms with Crippen molar-refractivity contribution < 1.29 is 19.4 Å². The van der Waals surface area contributed by atoms with Crippen molar-refractivity contribution in [1.82, 2.24) is 0 Å². The number of Topliss-reactive ketones (excluding diaryl/α,β-unsaturated/α-hetero) is 1. The molecule has 1 atom stereocenters. The molecular weight excluding hydrogens is 208 g/mol. The molecule has 0 amide bonds. The Bertz CT molecular complexity index is 359. The third kappa shape index (κ3) is 3.82. The van der Waals surface area contributed by atoms with Gasteiger partial charge in [0.1, 0.15) is 12.5 Å². The first-order valence-electron chi connectivity index (χ1n) is 4.98. The van der Waals surface area contributed by atoms with Crippen molar-refractivity contribution in [2.75, 3.05) is 6.61 Å². The summed E-state index contributed by atoms with van der Waals surface area (Å²) in [4.78, 5) is 21.8. The van der Waals surface area contributed by atoms with Gasteiger partial charge in [0.25, 0.3) is 0 Å². The first kappa shape index (κ1) is 12.4. The molecule has 4 heteroatoms. The molecule has 0 bridgehead atoms. The van der Waals surface area contributed by atoms with Crippen molar-refractivity contribution in [1.29, 1.82) is 0 Å². The van der Waals surface area contributed by atoms with Gasteiger partial charge in [-0.2, -0.15) is 0 Å². The summed E-state index contributed by atoms with van der Waals surface area (Å²) in [5.74, 6) is -2.53. The predicted molar refractivity (Wildman–Crippen MR) is 57.9 cm³/mol. The van der Waals surface area contributed by atoms with E-state index in [1.165, 1.54) is 6.92 Å². The zero-order valence-electron chi connectivity index (χ0n) is 9.05. The molecule has 0 aliphatic heterocycles. The van der Waals surface area contributed by atoms with Gasteiger partial charge in [0.2, 0.25) is 0 Å². The van der Waals surface area contributed by atoms with E-state index in [1.807, 2.05) is 30.3 Å². The van der Waals surface area contributed by atoms with Gasteiger partial charge < -0.3 is 9.84 Å². The average Bonchev–Trinajstić information content (AvgIpc) is 2.29. The zero-order chi connectivity index (χ0) is 12.0. The van der Waals surface area contributed by atoms with Crippen molar-refractivity contribution in [2.45, 2.75) is 13.5 Å². The van der Waals surface area contributed by atoms with Gasteiger partial charge in [-0.05, 0) is 12.5 Å². The van der Waals surface area contributed by atoms with Crippen LogP contribution in [0.2, 0.25) is 0 Å². The minimum atomic E-state index is -1.12. The number of hydrogen-bond acceptors (Lipinski definition) is 3. The van der Waals surface area contributed by atoms with Crippen LogP contribution in [0, 0.1) is 5.92 Å². The Hall–Kier alpha value is -1.68. The number of aliphatic carboxylic acids is 1. The lowest BCUT2D eigenvalue weighted by atomic mass is 10.1. The first-order valence-corrected chi connectivity index (χ1v) is 4.98. The maximum absolute atomic E-state index is 11.3. The van der Waals surface area contributed by atoms with Crippen LogP contribution >= 0.6 is 0 Å². The second-order valence-corrected chi connectivity index (χ2v) is 3.50. The molecule has 1 aromatic rings. The van der Waals surface area contributed by atoms with Crippen LogP contribution in [-0.2, 0) is 20.9 Å². The van der Waals surface area contributed by atoms with Gasteiger partial charge in [-0.3, -0.25) is 9.59 Å². The van der Waals surface area contributed by atoms with Crippen LogP contribution in [0.25, 0.3) is 0 Å². The second-order valence-electron chi connectivity index (χ2n) is 3.50. The van der Waals surface area contributed by atoms with Crippen LogP contribution in [0.5, 0.6) is 0 Å². The van der Waals surface area contributed by atoms with Gasteiger partial charge in [-0.15, -0.1) is 0 Å². The van der Waals surface area contributed by atoms with Crippen LogP contribution in [0.15, 0.2) is 30.3 Å². The average molecular weight is 222 g/mol. The summed E-state index contributed by atoms with van der Waals surface area (Å²) in [7, 11) is 0. The highest BCUT2D eigenvalue weighted by Gasteiger charge is 2.19. The SMILES string of the molecule is CC(C(=O)O)C(=O)COCc1ccccc1. The van der Waals surface area contributed by atoms with E-state index in [2.05, 4.69) is 0 Å². The Morgan fingerprint density at radius 1 is 1.31 bits per heavy atom. The number of carbonyl (C=O) groups excluding carboxylic acids is 1. The Balaban J connectivity index is 2.31. The van der Waals surface area contributed by atoms with Crippen molar-refractivity contribution in [3.05, 3.63) is 35.9 Å². The van der Waals surface area contributed by atoms with Crippen LogP contribution in [0.3, 0.4) is 0 Å². The molecular formula is C12H14O4. The molecule has 1 rings (SSSR count). The van der Waals surface area contributed by atoms with E-state index in [0.29, 0.717) is 6.61 Å². The molecule has 16 heavy (non-hydrogen) atoms. The lowest BCUT2D eigenvalue weighted by Crippen LogP contribution is -2.24. The fourth-order valence-corrected chi connectivity index (χ4v) is 1.11. The second kappa shape index (κ2) is 6.02. The van der Waals surface area contributed by atoms with E-state index in [0.717, 1.165) is 5.56 Å². The van der Waals surface area contributed by atoms with Gasteiger partial charge in [0.15, 0.2) is 5.78 Å². The maximum atomic E-state index is 11.3. The van der Waals surface area contributed by atoms with E-state index in [-0.39, 0.29) is 6.61 Å². The van der Waals surface area contributed by atoms with Gasteiger partial charge in [0, 0.05) is 0 Å². The fraction of sp³-hybridized carbons (Fsp3) is 0.333. The molecule has 0 radical (unpaired) electrons. The molecule has 0 spiro atoms. The molecule has 0 aliphatic rings. The number of carboxylic acid groups (broad SMARTS) is 1. The van der Waals surface area contributed by atoms with Crippen LogP contribution in [0.4, 0.5) is 0 Å².